The number of unbranched alkanes of at least 4 members (excludes halogenated alkanes) is 1. The van der Waals surface area contributed by atoms with E-state index in [1.165, 1.54) is 6.42 Å². The molecule has 1 aliphatic heterocycles. The summed E-state index contributed by atoms with van der Waals surface area (Å²) in [6.07, 6.45) is 9.87. The molecule has 2 N–H and O–H groups in total. The Hall–Kier alpha value is -0.660. The van der Waals surface area contributed by atoms with Gasteiger partial charge in [-0.15, -0.1) is 0 Å². The van der Waals surface area contributed by atoms with Crippen LogP contribution in [0.25, 0.3) is 0 Å². The first-order valence-electron chi connectivity index (χ1n) is 9.83. The van der Waals surface area contributed by atoms with Crippen LogP contribution >= 0.6 is 0 Å². The maximum absolute atomic E-state index is 12.2. The van der Waals surface area contributed by atoms with E-state index in [0.29, 0.717) is 38.9 Å². The van der Waals surface area contributed by atoms with Crippen LogP contribution in [0.1, 0.15) is 70.6 Å². The van der Waals surface area contributed by atoms with Crippen molar-refractivity contribution in [3.05, 3.63) is 0 Å². The van der Waals surface area contributed by atoms with Crippen LogP contribution in [0, 0.1) is 5.41 Å². The highest BCUT2D eigenvalue weighted by atomic mass is 32.2. The Morgan fingerprint density at radius 3 is 2.28 bits per heavy atom. The minimum atomic E-state index is -3.16. The van der Waals surface area contributed by atoms with E-state index in [2.05, 4.69) is 5.32 Å². The first-order valence-corrected chi connectivity index (χ1v) is 11.4. The lowest BCUT2D eigenvalue weighted by Gasteiger charge is -2.35. The van der Waals surface area contributed by atoms with Gasteiger partial charge in [-0.3, -0.25) is 4.79 Å². The van der Waals surface area contributed by atoms with Gasteiger partial charge in [0, 0.05) is 31.5 Å². The Kier molecular flexibility index (Phi) is 8.16. The monoisotopic (exact) mass is 374 g/mol. The fourth-order valence-corrected chi connectivity index (χ4v) is 5.55. The summed E-state index contributed by atoms with van der Waals surface area (Å²) in [5, 5.41) is 12.6. The van der Waals surface area contributed by atoms with Crippen LogP contribution in [-0.2, 0) is 14.8 Å². The third-order valence-electron chi connectivity index (χ3n) is 5.67. The number of hydrogen-bond donors (Lipinski definition) is 2. The van der Waals surface area contributed by atoms with Gasteiger partial charge in [0.2, 0.25) is 15.9 Å². The Balaban J connectivity index is 1.63. The van der Waals surface area contributed by atoms with Gasteiger partial charge in [0.1, 0.15) is 0 Å². The van der Waals surface area contributed by atoms with E-state index in [0.717, 1.165) is 44.9 Å². The number of amides is 1. The number of carbonyl (C=O) groups excluding carboxylic acids is 1. The largest absolute Gasteiger partial charge is 0.396 e. The molecule has 0 aromatic rings. The second-order valence-electron chi connectivity index (χ2n) is 7.73. The van der Waals surface area contributed by atoms with Gasteiger partial charge < -0.3 is 10.4 Å². The highest BCUT2D eigenvalue weighted by Gasteiger charge is 2.31. The average Bonchev–Trinajstić information content (AvgIpc) is 2.65. The van der Waals surface area contributed by atoms with Gasteiger partial charge in [-0.25, -0.2) is 12.7 Å². The van der Waals surface area contributed by atoms with Crippen LogP contribution in [-0.4, -0.2) is 55.7 Å². The number of piperidine rings is 1. The molecule has 0 unspecified atom stereocenters. The Labute approximate surface area is 152 Å². The number of nitrogens with one attached hydrogen (secondary N) is 1. The lowest BCUT2D eigenvalue weighted by atomic mass is 9.74. The van der Waals surface area contributed by atoms with Crippen molar-refractivity contribution >= 4 is 15.9 Å². The summed E-state index contributed by atoms with van der Waals surface area (Å²) in [5.41, 5.74) is -0.147. The van der Waals surface area contributed by atoms with E-state index < -0.39 is 10.0 Å². The number of nitrogens with zero attached hydrogens (tertiary/aromatic N) is 1. The molecule has 0 atom stereocenters. The van der Waals surface area contributed by atoms with Crippen molar-refractivity contribution in [3.63, 3.8) is 0 Å². The summed E-state index contributed by atoms with van der Waals surface area (Å²) >= 11 is 0. The molecule has 1 amide bonds. The van der Waals surface area contributed by atoms with Crippen LogP contribution in [0.4, 0.5) is 0 Å². The molecule has 6 nitrogen and oxygen atoms in total. The molecule has 0 spiro atoms. The molecule has 0 bridgehead atoms. The summed E-state index contributed by atoms with van der Waals surface area (Å²) in [5.74, 6) is 0.106. The third-order valence-corrected chi connectivity index (χ3v) is 7.63. The van der Waals surface area contributed by atoms with Gasteiger partial charge >= 0.3 is 0 Å². The smallest absolute Gasteiger partial charge is 0.220 e. The van der Waals surface area contributed by atoms with Crippen LogP contribution in [0.3, 0.4) is 0 Å². The Morgan fingerprint density at radius 2 is 1.64 bits per heavy atom. The number of aliphatic hydroxyl groups is 1. The first-order chi connectivity index (χ1) is 12.0. The zero-order valence-corrected chi connectivity index (χ0v) is 16.2. The van der Waals surface area contributed by atoms with Gasteiger partial charge in [-0.1, -0.05) is 25.7 Å². The minimum absolute atomic E-state index is 0.0335. The fourth-order valence-electron chi connectivity index (χ4n) is 3.91. The van der Waals surface area contributed by atoms with E-state index in [-0.39, 0.29) is 23.7 Å². The predicted octanol–water partition coefficient (Wildman–Crippen LogP) is 2.03. The van der Waals surface area contributed by atoms with Crippen molar-refractivity contribution in [3.8, 4) is 0 Å². The highest BCUT2D eigenvalue weighted by molar-refractivity contribution is 7.89. The number of aliphatic hydroxyl groups excluding tert-OH is 1. The fraction of sp³-hybridized carbons (Fsp3) is 0.944. The minimum Gasteiger partial charge on any atom is -0.396 e. The first kappa shape index (κ1) is 20.6. The molecule has 25 heavy (non-hydrogen) atoms. The van der Waals surface area contributed by atoms with E-state index in [1.807, 2.05) is 0 Å². The van der Waals surface area contributed by atoms with Crippen LogP contribution < -0.4 is 5.32 Å². The summed E-state index contributed by atoms with van der Waals surface area (Å²) in [6.45, 7) is 1.95. The molecule has 0 aromatic carbocycles. The molecular weight excluding hydrogens is 340 g/mol. The van der Waals surface area contributed by atoms with Crippen molar-refractivity contribution in [2.24, 2.45) is 5.41 Å². The Morgan fingerprint density at radius 1 is 1.00 bits per heavy atom. The molecule has 0 aromatic heterocycles. The second-order valence-corrected chi connectivity index (χ2v) is 9.82. The van der Waals surface area contributed by atoms with Crippen LogP contribution in [0.2, 0.25) is 0 Å². The van der Waals surface area contributed by atoms with E-state index >= 15 is 0 Å². The maximum Gasteiger partial charge on any atom is 0.220 e. The lowest BCUT2D eigenvalue weighted by Crippen LogP contribution is -2.41. The lowest BCUT2D eigenvalue weighted by molar-refractivity contribution is -0.122. The molecular formula is C18H34N2O4S. The third kappa shape index (κ3) is 6.53. The number of sulfonamides is 1. The second kappa shape index (κ2) is 9.88. The molecule has 2 aliphatic rings. The topological polar surface area (TPSA) is 86.7 Å². The number of rotatable bonds is 9. The van der Waals surface area contributed by atoms with Gasteiger partial charge in [-0.2, -0.15) is 0 Å². The molecule has 1 saturated heterocycles. The van der Waals surface area contributed by atoms with Gasteiger partial charge in [0.15, 0.2) is 0 Å². The molecule has 2 rings (SSSR count). The zero-order chi connectivity index (χ0) is 18.2. The van der Waals surface area contributed by atoms with Crippen molar-refractivity contribution in [2.45, 2.75) is 70.6 Å². The van der Waals surface area contributed by atoms with Crippen molar-refractivity contribution < 1.29 is 18.3 Å². The highest BCUT2D eigenvalue weighted by Crippen LogP contribution is 2.35. The molecule has 2 fully saturated rings. The molecule has 0 radical (unpaired) electrons. The van der Waals surface area contributed by atoms with E-state index in [9.17, 15) is 18.3 Å². The normalized spacial score (nSPS) is 21.8. The zero-order valence-electron chi connectivity index (χ0n) is 15.3. The van der Waals surface area contributed by atoms with Crippen molar-refractivity contribution in [1.29, 1.82) is 0 Å². The Bertz CT molecular complexity index is 509. The summed E-state index contributed by atoms with van der Waals surface area (Å²) in [4.78, 5) is 12.0. The van der Waals surface area contributed by atoms with Gasteiger partial charge in [0.05, 0.1) is 12.4 Å². The van der Waals surface area contributed by atoms with Gasteiger partial charge in [0.25, 0.3) is 0 Å². The molecule has 1 aliphatic carbocycles. The molecule has 7 heteroatoms. The molecule has 146 valence electrons. The van der Waals surface area contributed by atoms with E-state index in [1.54, 1.807) is 4.31 Å². The standard InChI is InChI=1S/C18H34N2O4S/c21-16-18(10-4-1-5-11-18)15-19-17(22)9-3-8-14-25(23,24)20-12-6-2-7-13-20/h21H,1-16H2,(H,19,22). The quantitative estimate of drug-likeness (QED) is 0.605. The number of hydrogen-bond acceptors (Lipinski definition) is 4. The maximum atomic E-state index is 12.2. The summed E-state index contributed by atoms with van der Waals surface area (Å²) in [6, 6.07) is 0. The van der Waals surface area contributed by atoms with Crippen LogP contribution in [0.15, 0.2) is 0 Å². The summed E-state index contributed by atoms with van der Waals surface area (Å²) < 4.78 is 26.1. The average molecular weight is 375 g/mol. The van der Waals surface area contributed by atoms with Crippen molar-refractivity contribution in [2.75, 3.05) is 32.0 Å². The van der Waals surface area contributed by atoms with Gasteiger partial charge in [-0.05, 0) is 38.5 Å². The predicted molar refractivity (Wildman–Crippen MR) is 98.7 cm³/mol. The molecule has 1 heterocycles. The number of carbonyl (C=O) groups is 1. The van der Waals surface area contributed by atoms with E-state index in [4.69, 9.17) is 0 Å². The van der Waals surface area contributed by atoms with Crippen LogP contribution in [0.5, 0.6) is 0 Å². The molecule has 1 saturated carbocycles. The summed E-state index contributed by atoms with van der Waals surface area (Å²) in [7, 11) is -3.16. The SMILES string of the molecule is O=C(CCCCS(=O)(=O)N1CCCCC1)NCC1(CO)CCCCC1. The van der Waals surface area contributed by atoms with Crippen molar-refractivity contribution in [1.82, 2.24) is 9.62 Å².